The number of nitrogens with one attached hydrogen (secondary N) is 2. The van der Waals surface area contributed by atoms with E-state index in [-0.39, 0.29) is 29.8 Å². The molecule has 0 radical (unpaired) electrons. The molecule has 124 valence electrons. The van der Waals surface area contributed by atoms with Crippen LogP contribution in [0.4, 0.5) is 4.39 Å². The predicted octanol–water partition coefficient (Wildman–Crippen LogP) is 1.61. The molecule has 7 heteroatoms. The maximum atomic E-state index is 13.0. The van der Waals surface area contributed by atoms with E-state index in [4.69, 9.17) is 5.73 Å². The van der Waals surface area contributed by atoms with Crippen LogP contribution in [-0.4, -0.2) is 30.9 Å². The van der Waals surface area contributed by atoms with Gasteiger partial charge in [0.05, 0.1) is 6.04 Å². The van der Waals surface area contributed by atoms with Crippen LogP contribution in [-0.2, 0) is 4.79 Å². The standard InChI is InChI=1S/C15H22FN3O2.ClH/c1-2-5-13(17)15(21)19-9-4-8-18-14(20)11-6-3-7-12(16)10-11;/h3,6-7,10,13H,2,4-5,8-9,17H2,1H3,(H,18,20)(H,19,21);1H. The fraction of sp³-hybridized carbons (Fsp3) is 0.467. The molecule has 1 unspecified atom stereocenters. The molecule has 22 heavy (non-hydrogen) atoms. The van der Waals surface area contributed by atoms with E-state index >= 15 is 0 Å². The molecule has 0 aliphatic carbocycles. The molecule has 0 fully saturated rings. The van der Waals surface area contributed by atoms with Crippen LogP contribution in [0, 0.1) is 5.82 Å². The molecule has 0 aromatic heterocycles. The maximum absolute atomic E-state index is 13.0. The molecule has 0 spiro atoms. The summed E-state index contributed by atoms with van der Waals surface area (Å²) in [7, 11) is 0. The second kappa shape index (κ2) is 11.0. The molecular formula is C15H23ClFN3O2. The van der Waals surface area contributed by atoms with Gasteiger partial charge in [0.1, 0.15) is 5.82 Å². The molecule has 0 saturated heterocycles. The van der Waals surface area contributed by atoms with Crippen molar-refractivity contribution in [2.75, 3.05) is 13.1 Å². The van der Waals surface area contributed by atoms with Crippen molar-refractivity contribution in [3.63, 3.8) is 0 Å². The average molecular weight is 332 g/mol. The highest BCUT2D eigenvalue weighted by Gasteiger charge is 2.11. The second-order valence-corrected chi connectivity index (χ2v) is 4.81. The lowest BCUT2D eigenvalue weighted by Gasteiger charge is -2.11. The first kappa shape index (κ1) is 20.3. The minimum absolute atomic E-state index is 0. The Morgan fingerprint density at radius 3 is 2.59 bits per heavy atom. The van der Waals surface area contributed by atoms with Crippen LogP contribution in [0.3, 0.4) is 0 Å². The Morgan fingerprint density at radius 1 is 1.27 bits per heavy atom. The number of halogens is 2. The van der Waals surface area contributed by atoms with Gasteiger partial charge in [-0.3, -0.25) is 9.59 Å². The van der Waals surface area contributed by atoms with Crippen molar-refractivity contribution in [2.24, 2.45) is 5.73 Å². The summed E-state index contributed by atoms with van der Waals surface area (Å²) >= 11 is 0. The number of amides is 2. The second-order valence-electron chi connectivity index (χ2n) is 4.81. The average Bonchev–Trinajstić information content (AvgIpc) is 2.46. The molecule has 0 saturated carbocycles. The van der Waals surface area contributed by atoms with Crippen LogP contribution < -0.4 is 16.4 Å². The highest BCUT2D eigenvalue weighted by Crippen LogP contribution is 2.02. The van der Waals surface area contributed by atoms with Gasteiger partial charge in [0.2, 0.25) is 5.91 Å². The van der Waals surface area contributed by atoms with Crippen LogP contribution in [0.5, 0.6) is 0 Å². The number of hydrogen-bond acceptors (Lipinski definition) is 3. The molecule has 0 bridgehead atoms. The quantitative estimate of drug-likeness (QED) is 0.633. The van der Waals surface area contributed by atoms with E-state index in [1.165, 1.54) is 18.2 Å². The van der Waals surface area contributed by atoms with E-state index in [1.54, 1.807) is 6.07 Å². The maximum Gasteiger partial charge on any atom is 0.251 e. The lowest BCUT2D eigenvalue weighted by atomic mass is 10.1. The zero-order chi connectivity index (χ0) is 15.7. The predicted molar refractivity (Wildman–Crippen MR) is 86.5 cm³/mol. The molecule has 4 N–H and O–H groups in total. The lowest BCUT2D eigenvalue weighted by molar-refractivity contribution is -0.122. The minimum Gasteiger partial charge on any atom is -0.355 e. The van der Waals surface area contributed by atoms with Crippen LogP contribution in [0.25, 0.3) is 0 Å². The molecule has 1 aromatic rings. The first-order chi connectivity index (χ1) is 10.0. The van der Waals surface area contributed by atoms with Gasteiger partial charge < -0.3 is 16.4 Å². The molecule has 1 rings (SSSR count). The zero-order valence-electron chi connectivity index (χ0n) is 12.6. The van der Waals surface area contributed by atoms with E-state index in [0.717, 1.165) is 6.42 Å². The summed E-state index contributed by atoms with van der Waals surface area (Å²) in [5.41, 5.74) is 5.95. The zero-order valence-corrected chi connectivity index (χ0v) is 13.4. The molecule has 0 aliphatic heterocycles. The van der Waals surface area contributed by atoms with Crippen LogP contribution in [0.2, 0.25) is 0 Å². The molecule has 1 aromatic carbocycles. The number of carbonyl (C=O) groups is 2. The topological polar surface area (TPSA) is 84.2 Å². The highest BCUT2D eigenvalue weighted by molar-refractivity contribution is 5.94. The van der Waals surface area contributed by atoms with Gasteiger partial charge in [0.25, 0.3) is 5.91 Å². The van der Waals surface area contributed by atoms with Gasteiger partial charge in [0, 0.05) is 18.7 Å². The Kier molecular flexibility index (Phi) is 10.2. The number of carbonyl (C=O) groups excluding carboxylic acids is 2. The normalized spacial score (nSPS) is 11.2. The molecule has 0 aliphatic rings. The third-order valence-electron chi connectivity index (χ3n) is 2.96. The molecule has 0 heterocycles. The van der Waals surface area contributed by atoms with Crippen LogP contribution in [0.1, 0.15) is 36.5 Å². The third kappa shape index (κ3) is 7.38. The summed E-state index contributed by atoms with van der Waals surface area (Å²) in [5.74, 6) is -0.948. The van der Waals surface area contributed by atoms with Gasteiger partial charge >= 0.3 is 0 Å². The van der Waals surface area contributed by atoms with Gasteiger partial charge in [-0.25, -0.2) is 4.39 Å². The number of hydrogen-bond donors (Lipinski definition) is 3. The van der Waals surface area contributed by atoms with Gasteiger partial charge in [0.15, 0.2) is 0 Å². The molecular weight excluding hydrogens is 309 g/mol. The Labute approximate surface area is 136 Å². The van der Waals surface area contributed by atoms with Gasteiger partial charge in [-0.1, -0.05) is 19.4 Å². The monoisotopic (exact) mass is 331 g/mol. The van der Waals surface area contributed by atoms with Crippen molar-refractivity contribution < 1.29 is 14.0 Å². The van der Waals surface area contributed by atoms with Crippen molar-refractivity contribution in [2.45, 2.75) is 32.2 Å². The summed E-state index contributed by atoms with van der Waals surface area (Å²) in [5, 5.41) is 5.38. The summed E-state index contributed by atoms with van der Waals surface area (Å²) in [6, 6.07) is 5.02. The molecule has 5 nitrogen and oxygen atoms in total. The summed E-state index contributed by atoms with van der Waals surface area (Å²) in [6.07, 6.45) is 2.10. The summed E-state index contributed by atoms with van der Waals surface area (Å²) in [4.78, 5) is 23.2. The van der Waals surface area contributed by atoms with Crippen molar-refractivity contribution in [3.8, 4) is 0 Å². The Bertz CT molecular complexity index is 486. The Hall–Kier alpha value is -1.66. The third-order valence-corrected chi connectivity index (χ3v) is 2.96. The SMILES string of the molecule is CCCC(N)C(=O)NCCCNC(=O)c1cccc(F)c1.Cl. The molecule has 2 amide bonds. The highest BCUT2D eigenvalue weighted by atomic mass is 35.5. The van der Waals surface area contributed by atoms with Crippen molar-refractivity contribution in [3.05, 3.63) is 35.6 Å². The molecule has 1 atom stereocenters. The van der Waals surface area contributed by atoms with E-state index in [1.807, 2.05) is 6.92 Å². The van der Waals surface area contributed by atoms with Gasteiger partial charge in [-0.05, 0) is 31.0 Å². The summed E-state index contributed by atoms with van der Waals surface area (Å²) < 4.78 is 13.0. The number of nitrogens with two attached hydrogens (primary N) is 1. The van der Waals surface area contributed by atoms with Crippen LogP contribution in [0.15, 0.2) is 24.3 Å². The van der Waals surface area contributed by atoms with Crippen molar-refractivity contribution in [1.29, 1.82) is 0 Å². The smallest absolute Gasteiger partial charge is 0.251 e. The van der Waals surface area contributed by atoms with Crippen molar-refractivity contribution >= 4 is 24.2 Å². The Balaban J connectivity index is 0.00000441. The van der Waals surface area contributed by atoms with E-state index in [0.29, 0.717) is 25.9 Å². The summed E-state index contributed by atoms with van der Waals surface area (Å²) in [6.45, 7) is 2.81. The number of benzene rings is 1. The Morgan fingerprint density at radius 2 is 1.95 bits per heavy atom. The van der Waals surface area contributed by atoms with Crippen LogP contribution >= 0.6 is 12.4 Å². The van der Waals surface area contributed by atoms with E-state index in [9.17, 15) is 14.0 Å². The minimum atomic E-state index is -0.475. The van der Waals surface area contributed by atoms with Gasteiger partial charge in [-0.15, -0.1) is 12.4 Å². The lowest BCUT2D eigenvalue weighted by Crippen LogP contribution is -2.41. The number of rotatable bonds is 8. The fourth-order valence-electron chi connectivity index (χ4n) is 1.81. The van der Waals surface area contributed by atoms with Crippen molar-refractivity contribution in [1.82, 2.24) is 10.6 Å². The van der Waals surface area contributed by atoms with E-state index < -0.39 is 11.9 Å². The fourth-order valence-corrected chi connectivity index (χ4v) is 1.81. The first-order valence-corrected chi connectivity index (χ1v) is 7.11. The van der Waals surface area contributed by atoms with Gasteiger partial charge in [-0.2, -0.15) is 0 Å². The largest absolute Gasteiger partial charge is 0.355 e. The van der Waals surface area contributed by atoms with E-state index in [2.05, 4.69) is 10.6 Å². The first-order valence-electron chi connectivity index (χ1n) is 7.11.